The van der Waals surface area contributed by atoms with Crippen LogP contribution in [0.2, 0.25) is 0 Å². The van der Waals surface area contributed by atoms with E-state index in [1.807, 2.05) is 0 Å². The average Bonchev–Trinajstić information content (AvgIpc) is 2.88. The Kier molecular flexibility index (Phi) is 4.97. The number of rotatable bonds is 3. The van der Waals surface area contributed by atoms with Gasteiger partial charge in [0, 0.05) is 45.0 Å². The van der Waals surface area contributed by atoms with Crippen LogP contribution in [0.1, 0.15) is 17.8 Å². The van der Waals surface area contributed by atoms with Crippen molar-refractivity contribution < 1.29 is 14.0 Å². The van der Waals surface area contributed by atoms with E-state index in [2.05, 4.69) is 15.6 Å². The maximum Gasteiger partial charge on any atom is 0.317 e. The third-order valence-electron chi connectivity index (χ3n) is 4.14. The van der Waals surface area contributed by atoms with Crippen LogP contribution in [-0.2, 0) is 11.3 Å². The second kappa shape index (κ2) is 7.33. The van der Waals surface area contributed by atoms with Crippen LogP contribution < -0.4 is 10.6 Å². The minimum atomic E-state index is -0.377. The molecular weight excluding hydrogens is 325 g/mol. The zero-order chi connectivity index (χ0) is 17.8. The van der Waals surface area contributed by atoms with Gasteiger partial charge in [-0.05, 0) is 24.6 Å². The molecule has 132 valence electrons. The molecule has 0 aliphatic carbocycles. The smallest absolute Gasteiger partial charge is 0.317 e. The van der Waals surface area contributed by atoms with E-state index >= 15 is 0 Å². The van der Waals surface area contributed by atoms with E-state index < -0.39 is 0 Å². The minimum Gasteiger partial charge on any atom is -0.354 e. The molecule has 0 radical (unpaired) electrons. The van der Waals surface area contributed by atoms with Crippen LogP contribution in [-0.4, -0.2) is 46.0 Å². The number of imidazole rings is 1. The summed E-state index contributed by atoms with van der Waals surface area (Å²) in [5.41, 5.74) is 1.08. The number of carbonyl (C=O) groups excluding carboxylic acids is 2. The van der Waals surface area contributed by atoms with Crippen molar-refractivity contribution in [1.29, 1.82) is 0 Å². The zero-order valence-corrected chi connectivity index (χ0v) is 14.0. The predicted molar refractivity (Wildman–Crippen MR) is 89.7 cm³/mol. The molecule has 2 heterocycles. The summed E-state index contributed by atoms with van der Waals surface area (Å²) in [5, 5.41) is 5.48. The fourth-order valence-corrected chi connectivity index (χ4v) is 2.75. The molecule has 2 N–H and O–H groups in total. The first kappa shape index (κ1) is 16.9. The molecule has 3 amide bonds. The molecule has 1 aromatic carbocycles. The molecule has 1 aromatic heterocycles. The molecule has 2 aromatic rings. The van der Waals surface area contributed by atoms with Gasteiger partial charge in [-0.25, -0.2) is 14.2 Å². The summed E-state index contributed by atoms with van der Waals surface area (Å²) >= 11 is 0. The zero-order valence-electron chi connectivity index (χ0n) is 14.0. The average molecular weight is 345 g/mol. The van der Waals surface area contributed by atoms with E-state index in [0.29, 0.717) is 43.1 Å². The molecule has 3 rings (SSSR count). The number of hydrogen-bond donors (Lipinski definition) is 2. The molecule has 1 fully saturated rings. The van der Waals surface area contributed by atoms with Gasteiger partial charge in [0.05, 0.1) is 5.69 Å². The largest absolute Gasteiger partial charge is 0.354 e. The molecule has 0 bridgehead atoms. The van der Waals surface area contributed by atoms with Crippen LogP contribution in [0.25, 0.3) is 5.69 Å². The van der Waals surface area contributed by atoms with E-state index in [4.69, 9.17) is 0 Å². The second-order valence-corrected chi connectivity index (χ2v) is 5.88. The fourth-order valence-electron chi connectivity index (χ4n) is 2.75. The van der Waals surface area contributed by atoms with Gasteiger partial charge in [0.15, 0.2) is 0 Å². The van der Waals surface area contributed by atoms with E-state index in [1.165, 1.54) is 6.07 Å². The first-order valence-electron chi connectivity index (χ1n) is 8.13. The van der Waals surface area contributed by atoms with Gasteiger partial charge in [0.25, 0.3) is 0 Å². The second-order valence-electron chi connectivity index (χ2n) is 5.88. The van der Waals surface area contributed by atoms with Gasteiger partial charge >= 0.3 is 6.03 Å². The Morgan fingerprint density at radius 1 is 1.40 bits per heavy atom. The van der Waals surface area contributed by atoms with E-state index in [9.17, 15) is 14.0 Å². The number of urea groups is 1. The van der Waals surface area contributed by atoms with E-state index in [1.54, 1.807) is 40.9 Å². The lowest BCUT2D eigenvalue weighted by Crippen LogP contribution is -2.41. The van der Waals surface area contributed by atoms with Crippen molar-refractivity contribution in [3.8, 4) is 5.69 Å². The summed E-state index contributed by atoms with van der Waals surface area (Å²) in [5.74, 6) is 0.268. The summed E-state index contributed by atoms with van der Waals surface area (Å²) in [6.07, 6.45) is 3.61. The number of aromatic nitrogens is 2. The van der Waals surface area contributed by atoms with Gasteiger partial charge in [0.2, 0.25) is 5.91 Å². The lowest BCUT2D eigenvalue weighted by atomic mass is 10.2. The maximum atomic E-state index is 14.4. The fraction of sp³-hybridized carbons (Fsp3) is 0.353. The van der Waals surface area contributed by atoms with Crippen LogP contribution in [0, 0.1) is 12.7 Å². The Morgan fingerprint density at radius 2 is 2.24 bits per heavy atom. The third kappa shape index (κ3) is 3.96. The number of nitrogens with one attached hydrogen (secondary N) is 2. The van der Waals surface area contributed by atoms with Crippen molar-refractivity contribution >= 4 is 11.9 Å². The molecule has 1 aliphatic rings. The molecule has 8 heteroatoms. The van der Waals surface area contributed by atoms with Crippen molar-refractivity contribution in [3.63, 3.8) is 0 Å². The van der Waals surface area contributed by atoms with Gasteiger partial charge in [-0.3, -0.25) is 4.79 Å². The molecule has 0 saturated carbocycles. The minimum absolute atomic E-state index is 0.0530. The van der Waals surface area contributed by atoms with E-state index in [-0.39, 0.29) is 24.3 Å². The normalized spacial score (nSPS) is 14.8. The van der Waals surface area contributed by atoms with Gasteiger partial charge < -0.3 is 20.1 Å². The highest BCUT2D eigenvalue weighted by Crippen LogP contribution is 2.16. The quantitative estimate of drug-likeness (QED) is 0.881. The van der Waals surface area contributed by atoms with Crippen LogP contribution in [0.3, 0.4) is 0 Å². The number of nitrogens with zero attached hydrogens (tertiary/aromatic N) is 3. The standard InChI is InChI=1S/C17H20FN5O2/c1-12-19-6-9-23(12)15-3-2-13(10-14(15)18)11-21-17(25)22-7-4-16(24)20-5-8-22/h2-3,6,9-10H,4-5,7-8,11H2,1H3,(H,20,24)(H,21,25). The molecule has 0 spiro atoms. The number of amides is 3. The Balaban J connectivity index is 1.62. The molecule has 0 unspecified atom stereocenters. The van der Waals surface area contributed by atoms with Crippen molar-refractivity contribution in [1.82, 2.24) is 25.1 Å². The van der Waals surface area contributed by atoms with Crippen LogP contribution in [0.5, 0.6) is 0 Å². The summed E-state index contributed by atoms with van der Waals surface area (Å²) in [6.45, 7) is 3.31. The lowest BCUT2D eigenvalue weighted by Gasteiger charge is -2.20. The number of halogens is 1. The molecule has 25 heavy (non-hydrogen) atoms. The van der Waals surface area contributed by atoms with Gasteiger partial charge in [-0.15, -0.1) is 0 Å². The topological polar surface area (TPSA) is 79.3 Å². The summed E-state index contributed by atoms with van der Waals surface area (Å²) < 4.78 is 16.0. The maximum absolute atomic E-state index is 14.4. The van der Waals surface area contributed by atoms with Crippen LogP contribution >= 0.6 is 0 Å². The highest BCUT2D eigenvalue weighted by Gasteiger charge is 2.18. The number of hydrogen-bond acceptors (Lipinski definition) is 3. The van der Waals surface area contributed by atoms with Crippen LogP contribution in [0.15, 0.2) is 30.6 Å². The molecular formula is C17H20FN5O2. The first-order chi connectivity index (χ1) is 12.0. The van der Waals surface area contributed by atoms with Crippen molar-refractivity contribution in [2.45, 2.75) is 19.9 Å². The highest BCUT2D eigenvalue weighted by atomic mass is 19.1. The molecule has 1 aliphatic heterocycles. The summed E-state index contributed by atoms with van der Waals surface area (Å²) in [6, 6.07) is 4.58. The third-order valence-corrected chi connectivity index (χ3v) is 4.14. The van der Waals surface area contributed by atoms with Gasteiger partial charge in [0.1, 0.15) is 11.6 Å². The molecule has 0 atom stereocenters. The summed E-state index contributed by atoms with van der Waals surface area (Å²) in [4.78, 5) is 29.2. The monoisotopic (exact) mass is 345 g/mol. The Hall–Kier alpha value is -2.90. The van der Waals surface area contributed by atoms with Gasteiger partial charge in [-0.2, -0.15) is 0 Å². The number of benzene rings is 1. The summed E-state index contributed by atoms with van der Waals surface area (Å²) in [7, 11) is 0. The van der Waals surface area contributed by atoms with Crippen molar-refractivity contribution in [3.05, 3.63) is 47.8 Å². The number of aryl methyl sites for hydroxylation is 1. The Bertz CT molecular complexity index is 789. The lowest BCUT2D eigenvalue weighted by molar-refractivity contribution is -0.120. The van der Waals surface area contributed by atoms with Crippen LogP contribution in [0.4, 0.5) is 9.18 Å². The molecule has 7 nitrogen and oxygen atoms in total. The first-order valence-corrected chi connectivity index (χ1v) is 8.13. The number of carbonyl (C=O) groups is 2. The Labute approximate surface area is 144 Å². The highest BCUT2D eigenvalue weighted by molar-refractivity contribution is 5.79. The van der Waals surface area contributed by atoms with Crippen molar-refractivity contribution in [2.24, 2.45) is 0 Å². The van der Waals surface area contributed by atoms with E-state index in [0.717, 1.165) is 0 Å². The predicted octanol–water partition coefficient (Wildman–Crippen LogP) is 1.35. The Morgan fingerprint density at radius 3 is 2.96 bits per heavy atom. The SMILES string of the molecule is Cc1nccn1-c1ccc(CNC(=O)N2CCNC(=O)CC2)cc1F. The van der Waals surface area contributed by atoms with Crippen molar-refractivity contribution in [2.75, 3.05) is 19.6 Å². The van der Waals surface area contributed by atoms with Gasteiger partial charge in [-0.1, -0.05) is 6.07 Å². The molecule has 1 saturated heterocycles.